The van der Waals surface area contributed by atoms with Gasteiger partial charge in [-0.05, 0) is 12.0 Å². The summed E-state index contributed by atoms with van der Waals surface area (Å²) in [6, 6.07) is 3.52. The molecule has 1 rings (SSSR count). The zero-order chi connectivity index (χ0) is 8.27. The number of alkyl halides is 1. The van der Waals surface area contributed by atoms with Gasteiger partial charge in [0.25, 0.3) is 0 Å². The number of halogens is 1. The molecule has 0 spiro atoms. The standard InChI is InChI=1S/C9H12FN/c1-7(2)9(10)8-4-3-5-11-6-8/h3-7,9H,1-2H3. The van der Waals surface area contributed by atoms with Crippen molar-refractivity contribution in [3.05, 3.63) is 30.1 Å². The number of aromatic nitrogens is 1. The Hall–Kier alpha value is -0.920. The minimum absolute atomic E-state index is 0.0270. The minimum Gasteiger partial charge on any atom is -0.264 e. The van der Waals surface area contributed by atoms with Gasteiger partial charge in [0.2, 0.25) is 0 Å². The summed E-state index contributed by atoms with van der Waals surface area (Å²) in [5.41, 5.74) is 0.669. The monoisotopic (exact) mass is 153 g/mol. The average molecular weight is 153 g/mol. The molecule has 0 fully saturated rings. The van der Waals surface area contributed by atoms with Crippen molar-refractivity contribution >= 4 is 0 Å². The molecule has 11 heavy (non-hydrogen) atoms. The molecule has 0 saturated heterocycles. The smallest absolute Gasteiger partial charge is 0.129 e. The third kappa shape index (κ3) is 2.00. The van der Waals surface area contributed by atoms with Crippen LogP contribution in [0.5, 0.6) is 0 Å². The van der Waals surface area contributed by atoms with Crippen LogP contribution in [-0.4, -0.2) is 4.98 Å². The van der Waals surface area contributed by atoms with Crippen LogP contribution in [0.15, 0.2) is 24.5 Å². The lowest BCUT2D eigenvalue weighted by Gasteiger charge is -2.10. The Morgan fingerprint density at radius 1 is 1.45 bits per heavy atom. The Bertz CT molecular complexity index is 208. The molecule has 0 aliphatic heterocycles. The van der Waals surface area contributed by atoms with E-state index in [1.54, 1.807) is 24.5 Å². The van der Waals surface area contributed by atoms with Crippen LogP contribution in [0.25, 0.3) is 0 Å². The number of nitrogens with zero attached hydrogens (tertiary/aromatic N) is 1. The summed E-state index contributed by atoms with van der Waals surface area (Å²) in [5, 5.41) is 0. The number of pyridine rings is 1. The Morgan fingerprint density at radius 2 is 2.18 bits per heavy atom. The highest BCUT2D eigenvalue weighted by Gasteiger charge is 2.13. The van der Waals surface area contributed by atoms with Gasteiger partial charge in [0, 0.05) is 18.0 Å². The van der Waals surface area contributed by atoms with E-state index in [9.17, 15) is 4.39 Å². The molecule has 0 N–H and O–H groups in total. The first-order valence-corrected chi connectivity index (χ1v) is 3.76. The van der Waals surface area contributed by atoms with Crippen molar-refractivity contribution in [2.45, 2.75) is 20.0 Å². The fraction of sp³-hybridized carbons (Fsp3) is 0.444. The van der Waals surface area contributed by atoms with Crippen molar-refractivity contribution in [2.24, 2.45) is 5.92 Å². The predicted octanol–water partition coefficient (Wildman–Crippen LogP) is 2.75. The Morgan fingerprint density at radius 3 is 2.64 bits per heavy atom. The van der Waals surface area contributed by atoms with Crippen LogP contribution >= 0.6 is 0 Å². The first kappa shape index (κ1) is 8.18. The normalized spacial score (nSPS) is 13.5. The van der Waals surface area contributed by atoms with Gasteiger partial charge in [-0.25, -0.2) is 4.39 Å². The van der Waals surface area contributed by atoms with Gasteiger partial charge < -0.3 is 0 Å². The maximum atomic E-state index is 13.2. The Balaban J connectivity index is 2.77. The van der Waals surface area contributed by atoms with Gasteiger partial charge in [0.1, 0.15) is 6.17 Å². The Kier molecular flexibility index (Phi) is 2.58. The van der Waals surface area contributed by atoms with E-state index in [2.05, 4.69) is 4.98 Å². The van der Waals surface area contributed by atoms with Crippen LogP contribution in [0.4, 0.5) is 4.39 Å². The first-order valence-electron chi connectivity index (χ1n) is 3.76. The molecule has 0 amide bonds. The fourth-order valence-corrected chi connectivity index (χ4v) is 0.924. The highest BCUT2D eigenvalue weighted by Crippen LogP contribution is 2.24. The molecule has 0 aliphatic carbocycles. The van der Waals surface area contributed by atoms with Gasteiger partial charge in [-0.2, -0.15) is 0 Å². The van der Waals surface area contributed by atoms with Crippen LogP contribution in [0.2, 0.25) is 0 Å². The third-order valence-corrected chi connectivity index (χ3v) is 1.59. The molecule has 1 unspecified atom stereocenters. The van der Waals surface area contributed by atoms with Gasteiger partial charge in [-0.15, -0.1) is 0 Å². The molecule has 0 saturated carbocycles. The molecular formula is C9H12FN. The van der Waals surface area contributed by atoms with Gasteiger partial charge in [-0.3, -0.25) is 4.98 Å². The summed E-state index contributed by atoms with van der Waals surface area (Å²) >= 11 is 0. The van der Waals surface area contributed by atoms with Crippen LogP contribution in [0.1, 0.15) is 25.6 Å². The van der Waals surface area contributed by atoms with E-state index < -0.39 is 6.17 Å². The van der Waals surface area contributed by atoms with E-state index in [4.69, 9.17) is 0 Å². The van der Waals surface area contributed by atoms with E-state index in [-0.39, 0.29) is 5.92 Å². The zero-order valence-corrected chi connectivity index (χ0v) is 6.79. The molecular weight excluding hydrogens is 141 g/mol. The molecule has 1 aromatic heterocycles. The maximum Gasteiger partial charge on any atom is 0.129 e. The molecule has 0 bridgehead atoms. The van der Waals surface area contributed by atoms with Crippen molar-refractivity contribution in [2.75, 3.05) is 0 Å². The average Bonchev–Trinajstić information content (AvgIpc) is 2.05. The van der Waals surface area contributed by atoms with E-state index in [1.165, 1.54) is 0 Å². The minimum atomic E-state index is -0.885. The SMILES string of the molecule is CC(C)C(F)c1cccnc1. The predicted molar refractivity (Wildman–Crippen MR) is 42.9 cm³/mol. The van der Waals surface area contributed by atoms with Crippen molar-refractivity contribution in [3.63, 3.8) is 0 Å². The summed E-state index contributed by atoms with van der Waals surface area (Å²) < 4.78 is 13.2. The van der Waals surface area contributed by atoms with E-state index in [0.29, 0.717) is 5.56 Å². The maximum absolute atomic E-state index is 13.2. The highest BCUT2D eigenvalue weighted by molar-refractivity contribution is 5.12. The van der Waals surface area contributed by atoms with Gasteiger partial charge in [0.05, 0.1) is 0 Å². The second kappa shape index (κ2) is 3.46. The molecule has 60 valence electrons. The Labute approximate surface area is 66.3 Å². The summed E-state index contributed by atoms with van der Waals surface area (Å²) in [5.74, 6) is 0.0270. The molecule has 1 heterocycles. The number of hydrogen-bond acceptors (Lipinski definition) is 1. The quantitative estimate of drug-likeness (QED) is 0.636. The lowest BCUT2D eigenvalue weighted by molar-refractivity contribution is 0.261. The lowest BCUT2D eigenvalue weighted by Crippen LogP contribution is -2.00. The van der Waals surface area contributed by atoms with Gasteiger partial charge >= 0.3 is 0 Å². The van der Waals surface area contributed by atoms with E-state index in [1.807, 2.05) is 13.8 Å². The zero-order valence-electron chi connectivity index (χ0n) is 6.79. The molecule has 1 aromatic rings. The number of hydrogen-bond donors (Lipinski definition) is 0. The lowest BCUT2D eigenvalue weighted by atomic mass is 10.0. The number of rotatable bonds is 2. The molecule has 0 radical (unpaired) electrons. The van der Waals surface area contributed by atoms with Crippen LogP contribution in [0, 0.1) is 5.92 Å². The van der Waals surface area contributed by atoms with Gasteiger partial charge in [0.15, 0.2) is 0 Å². The van der Waals surface area contributed by atoms with Crippen LogP contribution < -0.4 is 0 Å². The van der Waals surface area contributed by atoms with Crippen LogP contribution in [0.3, 0.4) is 0 Å². The second-order valence-electron chi connectivity index (χ2n) is 2.93. The van der Waals surface area contributed by atoms with E-state index >= 15 is 0 Å². The van der Waals surface area contributed by atoms with Crippen LogP contribution in [-0.2, 0) is 0 Å². The third-order valence-electron chi connectivity index (χ3n) is 1.59. The summed E-state index contributed by atoms with van der Waals surface area (Å²) in [4.78, 5) is 3.85. The van der Waals surface area contributed by atoms with Crippen molar-refractivity contribution in [1.82, 2.24) is 4.98 Å². The largest absolute Gasteiger partial charge is 0.264 e. The summed E-state index contributed by atoms with van der Waals surface area (Å²) in [6.45, 7) is 3.72. The topological polar surface area (TPSA) is 12.9 Å². The highest BCUT2D eigenvalue weighted by atomic mass is 19.1. The first-order chi connectivity index (χ1) is 5.22. The molecule has 2 heteroatoms. The molecule has 0 aromatic carbocycles. The van der Waals surface area contributed by atoms with Crippen molar-refractivity contribution in [1.29, 1.82) is 0 Å². The van der Waals surface area contributed by atoms with Gasteiger partial charge in [-0.1, -0.05) is 19.9 Å². The molecule has 1 atom stereocenters. The van der Waals surface area contributed by atoms with Crippen molar-refractivity contribution in [3.8, 4) is 0 Å². The fourth-order valence-electron chi connectivity index (χ4n) is 0.924. The molecule has 0 aliphatic rings. The van der Waals surface area contributed by atoms with Crippen molar-refractivity contribution < 1.29 is 4.39 Å². The summed E-state index contributed by atoms with van der Waals surface area (Å²) in [7, 11) is 0. The van der Waals surface area contributed by atoms with E-state index in [0.717, 1.165) is 0 Å². The second-order valence-corrected chi connectivity index (χ2v) is 2.93. The summed E-state index contributed by atoms with van der Waals surface area (Å²) in [6.07, 6.45) is 2.34. The molecule has 1 nitrogen and oxygen atoms in total.